The Kier molecular flexibility index (Phi) is 7.85. The number of nitrogens with zero attached hydrogens (tertiary/aromatic N) is 2. The molecule has 0 spiro atoms. The maximum Gasteiger partial charge on any atom is 0.405 e. The average Bonchev–Trinajstić information content (AvgIpc) is 2.54. The van der Waals surface area contributed by atoms with E-state index in [0.717, 1.165) is 0 Å². The van der Waals surface area contributed by atoms with Crippen LogP contribution in [0.1, 0.15) is 11.1 Å². The molecule has 0 aliphatic carbocycles. The predicted octanol–water partition coefficient (Wildman–Crippen LogP) is 1.40. The molecule has 2 rings (SSSR count). The van der Waals surface area contributed by atoms with Crippen molar-refractivity contribution in [3.63, 3.8) is 0 Å². The Morgan fingerprint density at radius 3 is 2.50 bits per heavy atom. The van der Waals surface area contributed by atoms with Crippen molar-refractivity contribution in [1.82, 2.24) is 14.9 Å². The lowest BCUT2D eigenvalue weighted by Gasteiger charge is -2.35. The van der Waals surface area contributed by atoms with Gasteiger partial charge in [-0.25, -0.2) is 13.1 Å². The zero-order valence-corrected chi connectivity index (χ0v) is 15.6. The van der Waals surface area contributed by atoms with Gasteiger partial charge in [-0.3, -0.25) is 4.90 Å². The number of nitriles is 1. The van der Waals surface area contributed by atoms with Gasteiger partial charge in [0.15, 0.2) is 0 Å². The highest BCUT2D eigenvalue weighted by Gasteiger charge is 2.44. The van der Waals surface area contributed by atoms with Crippen molar-refractivity contribution in [2.75, 3.05) is 32.7 Å². The second kappa shape index (κ2) is 9.01. The Labute approximate surface area is 156 Å². The molecule has 6 nitrogen and oxygen atoms in total. The topological polar surface area (TPSA) is 85.2 Å². The van der Waals surface area contributed by atoms with E-state index in [1.807, 2.05) is 4.72 Å². The van der Waals surface area contributed by atoms with E-state index >= 15 is 0 Å². The van der Waals surface area contributed by atoms with Gasteiger partial charge in [0.05, 0.1) is 10.5 Å². The molecule has 0 saturated carbocycles. The Bertz CT molecular complexity index is 759. The quantitative estimate of drug-likeness (QED) is 0.763. The summed E-state index contributed by atoms with van der Waals surface area (Å²) in [6, 6.07) is 4.10. The van der Waals surface area contributed by atoms with Gasteiger partial charge in [-0.2, -0.15) is 18.4 Å². The fourth-order valence-electron chi connectivity index (χ4n) is 2.72. The Hall–Kier alpha value is -1.38. The summed E-state index contributed by atoms with van der Waals surface area (Å²) in [6.45, 7) is 1.95. The van der Waals surface area contributed by atoms with E-state index in [1.54, 1.807) is 19.1 Å². The van der Waals surface area contributed by atoms with Crippen molar-refractivity contribution in [3.8, 4) is 6.07 Å². The number of hydrogen-bond acceptors (Lipinski definition) is 5. The lowest BCUT2D eigenvalue weighted by atomic mass is 10.1. The van der Waals surface area contributed by atoms with Gasteiger partial charge in [-0.15, -0.1) is 12.4 Å². The molecule has 11 heteroatoms. The van der Waals surface area contributed by atoms with E-state index in [2.05, 4.69) is 5.32 Å². The highest BCUT2D eigenvalue weighted by atomic mass is 35.5. The highest BCUT2D eigenvalue weighted by Crippen LogP contribution is 2.26. The monoisotopic (exact) mass is 412 g/mol. The molecule has 1 heterocycles. The van der Waals surface area contributed by atoms with Crippen LogP contribution in [0, 0.1) is 18.3 Å². The minimum Gasteiger partial charge on any atom is -0.314 e. The third-order valence-electron chi connectivity index (χ3n) is 4.07. The first-order chi connectivity index (χ1) is 11.7. The predicted molar refractivity (Wildman–Crippen MR) is 92.6 cm³/mol. The van der Waals surface area contributed by atoms with Crippen LogP contribution in [0.15, 0.2) is 23.1 Å². The normalized spacial score (nSPS) is 17.2. The molecule has 1 aliphatic rings. The number of alkyl halides is 3. The summed E-state index contributed by atoms with van der Waals surface area (Å²) in [7, 11) is -4.23. The van der Waals surface area contributed by atoms with E-state index in [1.165, 1.54) is 17.0 Å². The van der Waals surface area contributed by atoms with Crippen LogP contribution >= 0.6 is 12.4 Å². The van der Waals surface area contributed by atoms with Crippen LogP contribution in [0.2, 0.25) is 0 Å². The second-order valence-corrected chi connectivity index (χ2v) is 7.49. The number of hydrogen-bond donors (Lipinski definition) is 2. The highest BCUT2D eigenvalue weighted by molar-refractivity contribution is 7.89. The van der Waals surface area contributed by atoms with Crippen molar-refractivity contribution in [2.24, 2.45) is 0 Å². The van der Waals surface area contributed by atoms with Crippen LogP contribution in [0.25, 0.3) is 0 Å². The summed E-state index contributed by atoms with van der Waals surface area (Å²) < 4.78 is 66.9. The van der Waals surface area contributed by atoms with E-state index in [-0.39, 0.29) is 36.0 Å². The molecule has 26 heavy (non-hydrogen) atoms. The van der Waals surface area contributed by atoms with Crippen LogP contribution in [-0.2, 0) is 10.0 Å². The van der Waals surface area contributed by atoms with Crippen molar-refractivity contribution in [2.45, 2.75) is 24.0 Å². The largest absolute Gasteiger partial charge is 0.405 e. The number of rotatable bonds is 5. The van der Waals surface area contributed by atoms with E-state index in [9.17, 15) is 21.6 Å². The molecule has 1 atom stereocenters. The van der Waals surface area contributed by atoms with E-state index in [0.29, 0.717) is 18.7 Å². The Morgan fingerprint density at radius 1 is 1.35 bits per heavy atom. The zero-order chi connectivity index (χ0) is 18.7. The molecule has 0 amide bonds. The molecule has 0 bridgehead atoms. The first-order valence-corrected chi connectivity index (χ1v) is 9.16. The minimum atomic E-state index is -4.56. The second-order valence-electron chi connectivity index (χ2n) is 5.76. The van der Waals surface area contributed by atoms with E-state index < -0.39 is 28.8 Å². The average molecular weight is 413 g/mol. The molecule has 1 aromatic carbocycles. The first kappa shape index (κ1) is 22.7. The molecule has 2 N–H and O–H groups in total. The third kappa shape index (κ3) is 5.31. The maximum atomic E-state index is 13.3. The summed E-state index contributed by atoms with van der Waals surface area (Å²) in [4.78, 5) is 0.900. The SMILES string of the molecule is Cc1cccc(S(=O)(=O)NCC(N2CCNCC2)C(F)(F)F)c1C#N.Cl. The molecule has 146 valence electrons. The minimum absolute atomic E-state index is 0. The fraction of sp³-hybridized carbons (Fsp3) is 0.533. The van der Waals surface area contributed by atoms with Crippen LogP contribution in [0.5, 0.6) is 0 Å². The van der Waals surface area contributed by atoms with Crippen molar-refractivity contribution in [3.05, 3.63) is 29.3 Å². The number of nitrogens with one attached hydrogen (secondary N) is 2. The number of piperazine rings is 1. The lowest BCUT2D eigenvalue weighted by Crippen LogP contribution is -2.57. The third-order valence-corrected chi connectivity index (χ3v) is 5.54. The maximum absolute atomic E-state index is 13.3. The molecular formula is C15H20ClF3N4O2S. The Morgan fingerprint density at radius 2 is 1.96 bits per heavy atom. The fourth-order valence-corrected chi connectivity index (χ4v) is 3.99. The van der Waals surface area contributed by atoms with Crippen LogP contribution < -0.4 is 10.0 Å². The molecule has 1 saturated heterocycles. The van der Waals surface area contributed by atoms with Gasteiger partial charge < -0.3 is 5.32 Å². The summed E-state index contributed by atoms with van der Waals surface area (Å²) in [5, 5.41) is 12.1. The summed E-state index contributed by atoms with van der Waals surface area (Å²) in [5.74, 6) is 0. The van der Waals surface area contributed by atoms with Gasteiger partial charge in [0.25, 0.3) is 0 Å². The summed E-state index contributed by atoms with van der Waals surface area (Å²) in [5.41, 5.74) is 0.376. The standard InChI is InChI=1S/C15H19F3N4O2S.ClH/c1-11-3-2-4-13(12(11)9-19)25(23,24)21-10-14(15(16,17)18)22-7-5-20-6-8-22;/h2-4,14,20-21H,5-8,10H2,1H3;1H. The molecule has 0 radical (unpaired) electrons. The molecule has 1 aromatic rings. The van der Waals surface area contributed by atoms with Gasteiger partial charge in [-0.1, -0.05) is 12.1 Å². The number of sulfonamides is 1. The number of benzene rings is 1. The van der Waals surface area contributed by atoms with Gasteiger partial charge in [-0.05, 0) is 18.6 Å². The number of halogens is 4. The molecule has 0 aromatic heterocycles. The van der Waals surface area contributed by atoms with Crippen molar-refractivity contribution < 1.29 is 21.6 Å². The number of aryl methyl sites for hydroxylation is 1. The molecular weight excluding hydrogens is 393 g/mol. The Balaban J connectivity index is 0.00000338. The van der Waals surface area contributed by atoms with E-state index in [4.69, 9.17) is 5.26 Å². The molecule has 1 fully saturated rings. The van der Waals surface area contributed by atoms with Crippen LogP contribution in [0.3, 0.4) is 0 Å². The molecule has 1 aliphatic heterocycles. The van der Waals surface area contributed by atoms with Crippen LogP contribution in [-0.4, -0.2) is 58.3 Å². The van der Waals surface area contributed by atoms with Crippen molar-refractivity contribution >= 4 is 22.4 Å². The van der Waals surface area contributed by atoms with Gasteiger partial charge >= 0.3 is 6.18 Å². The van der Waals surface area contributed by atoms with Gasteiger partial charge in [0.1, 0.15) is 12.1 Å². The first-order valence-electron chi connectivity index (χ1n) is 7.67. The lowest BCUT2D eigenvalue weighted by molar-refractivity contribution is -0.182. The van der Waals surface area contributed by atoms with Crippen LogP contribution in [0.4, 0.5) is 13.2 Å². The van der Waals surface area contributed by atoms with Gasteiger partial charge in [0.2, 0.25) is 10.0 Å². The van der Waals surface area contributed by atoms with Gasteiger partial charge in [0, 0.05) is 32.7 Å². The summed E-state index contributed by atoms with van der Waals surface area (Å²) in [6.07, 6.45) is -4.56. The van der Waals surface area contributed by atoms with Crippen molar-refractivity contribution in [1.29, 1.82) is 5.26 Å². The summed E-state index contributed by atoms with van der Waals surface area (Å²) >= 11 is 0. The zero-order valence-electron chi connectivity index (χ0n) is 14.0. The molecule has 1 unspecified atom stereocenters. The smallest absolute Gasteiger partial charge is 0.314 e.